The zero-order valence-corrected chi connectivity index (χ0v) is 8.99. The average molecular weight is 219 g/mol. The molecule has 0 fully saturated rings. The molecule has 0 N–H and O–H groups in total. The van der Waals surface area contributed by atoms with Gasteiger partial charge in [-0.05, 0) is 13.3 Å². The monoisotopic (exact) mass is 218 g/mol. The highest BCUT2D eigenvalue weighted by molar-refractivity contribution is 7.10. The molecule has 0 aliphatic rings. The van der Waals surface area contributed by atoms with Crippen LogP contribution in [0.15, 0.2) is 12.2 Å². The Kier molecular flexibility index (Phi) is 4.35. The summed E-state index contributed by atoms with van der Waals surface area (Å²) in [5.74, 6) is 0. The van der Waals surface area contributed by atoms with Crippen molar-refractivity contribution in [3.8, 4) is 0 Å². The van der Waals surface area contributed by atoms with Crippen LogP contribution >= 0.6 is 23.1 Å². The van der Waals surface area contributed by atoms with E-state index in [0.29, 0.717) is 23.2 Å². The summed E-state index contributed by atoms with van der Waals surface area (Å²) in [5, 5.41) is 3.82. The molecule has 0 amide bonds. The molecule has 0 atom stereocenters. The molecule has 0 aliphatic carbocycles. The highest BCUT2D eigenvalue weighted by Gasteiger charge is 2.04. The number of hydrogen-bond donors (Lipinski definition) is 0. The second kappa shape index (κ2) is 5.32. The molecule has 0 aromatic carbocycles. The molecule has 1 aromatic rings. The lowest BCUT2D eigenvalue weighted by Crippen LogP contribution is -1.96. The molecule has 13 heavy (non-hydrogen) atoms. The molecule has 5 heteroatoms. The minimum atomic E-state index is 0.433. The molecule has 0 aliphatic heterocycles. The van der Waals surface area contributed by atoms with Gasteiger partial charge in [0.05, 0.1) is 13.2 Å². The van der Waals surface area contributed by atoms with E-state index in [9.17, 15) is 0 Å². The lowest BCUT2D eigenvalue weighted by molar-refractivity contribution is 0.121. The van der Waals surface area contributed by atoms with E-state index in [-0.39, 0.29) is 0 Å². The number of nitrogens with zero attached hydrogens (tertiary/aromatic N) is 2. The first kappa shape index (κ1) is 10.6. The molecule has 0 unspecified atom stereocenters. The third-order valence-corrected chi connectivity index (χ3v) is 2.41. The fourth-order valence-corrected chi connectivity index (χ4v) is 1.30. The van der Waals surface area contributed by atoms with E-state index in [0.717, 1.165) is 12.0 Å². The molecule has 72 valence electrons. The minimum Gasteiger partial charge on any atom is -0.375 e. The zero-order chi connectivity index (χ0) is 9.68. The second-order valence-corrected chi connectivity index (χ2v) is 4.11. The minimum absolute atomic E-state index is 0.433. The summed E-state index contributed by atoms with van der Waals surface area (Å²) in [6.07, 6.45) is 0.870. The molecular weight excluding hydrogens is 208 g/mol. The fraction of sp³-hybridized carbons (Fsp3) is 0.500. The number of hydrogen-bond acceptors (Lipinski definition) is 4. The van der Waals surface area contributed by atoms with Crippen LogP contribution in [0.2, 0.25) is 4.34 Å². The van der Waals surface area contributed by atoms with Crippen LogP contribution in [0.4, 0.5) is 0 Å². The Morgan fingerprint density at radius 3 is 3.00 bits per heavy atom. The van der Waals surface area contributed by atoms with Gasteiger partial charge in [-0.1, -0.05) is 21.7 Å². The number of rotatable bonds is 5. The van der Waals surface area contributed by atoms with Gasteiger partial charge in [0, 0.05) is 11.5 Å². The summed E-state index contributed by atoms with van der Waals surface area (Å²) in [5.41, 5.74) is 1.83. The molecular formula is C8H11ClN2OS. The maximum absolute atomic E-state index is 5.78. The van der Waals surface area contributed by atoms with Crippen molar-refractivity contribution >= 4 is 23.1 Å². The van der Waals surface area contributed by atoms with Gasteiger partial charge in [-0.15, -0.1) is 11.7 Å². The van der Waals surface area contributed by atoms with Crippen molar-refractivity contribution in [1.82, 2.24) is 9.59 Å². The van der Waals surface area contributed by atoms with Crippen molar-refractivity contribution in [3.05, 3.63) is 22.2 Å². The van der Waals surface area contributed by atoms with Crippen LogP contribution in [0.3, 0.4) is 0 Å². The molecule has 0 spiro atoms. The van der Waals surface area contributed by atoms with Crippen LogP contribution in [0, 0.1) is 0 Å². The van der Waals surface area contributed by atoms with Crippen molar-refractivity contribution in [1.29, 1.82) is 0 Å². The molecule has 0 bridgehead atoms. The average Bonchev–Trinajstić information content (AvgIpc) is 2.45. The summed E-state index contributed by atoms with van der Waals surface area (Å²) in [7, 11) is 0. The van der Waals surface area contributed by atoms with Gasteiger partial charge in [0.25, 0.3) is 0 Å². The van der Waals surface area contributed by atoms with E-state index in [4.69, 9.17) is 16.3 Å². The smallest absolute Gasteiger partial charge is 0.139 e. The summed E-state index contributed by atoms with van der Waals surface area (Å²) in [4.78, 5) is 0. The predicted molar refractivity (Wildman–Crippen MR) is 54.0 cm³/mol. The molecule has 3 nitrogen and oxygen atoms in total. The van der Waals surface area contributed by atoms with Gasteiger partial charge in [0.2, 0.25) is 0 Å². The molecule has 1 heterocycles. The Morgan fingerprint density at radius 2 is 2.46 bits per heavy atom. The number of aromatic nitrogens is 2. The largest absolute Gasteiger partial charge is 0.375 e. The van der Waals surface area contributed by atoms with Gasteiger partial charge >= 0.3 is 0 Å². The molecule has 0 saturated heterocycles. The van der Waals surface area contributed by atoms with Gasteiger partial charge in [-0.3, -0.25) is 0 Å². The van der Waals surface area contributed by atoms with Crippen molar-refractivity contribution in [2.45, 2.75) is 20.0 Å². The van der Waals surface area contributed by atoms with Gasteiger partial charge in [-0.2, -0.15) is 0 Å². The quantitative estimate of drug-likeness (QED) is 0.563. The van der Waals surface area contributed by atoms with Gasteiger partial charge < -0.3 is 4.74 Å². The van der Waals surface area contributed by atoms with E-state index >= 15 is 0 Å². The summed E-state index contributed by atoms with van der Waals surface area (Å²) in [6, 6.07) is 0. The van der Waals surface area contributed by atoms with Crippen LogP contribution < -0.4 is 0 Å². The Labute approximate surface area is 86.5 Å². The fourth-order valence-electron chi connectivity index (χ4n) is 0.698. The van der Waals surface area contributed by atoms with E-state index < -0.39 is 0 Å². The van der Waals surface area contributed by atoms with Gasteiger partial charge in [-0.25, -0.2) is 0 Å². The highest BCUT2D eigenvalue weighted by atomic mass is 35.5. The van der Waals surface area contributed by atoms with Gasteiger partial charge in [0.15, 0.2) is 0 Å². The van der Waals surface area contributed by atoms with Crippen LogP contribution in [0.1, 0.15) is 19.0 Å². The number of ether oxygens (including phenoxy) is 1. The topological polar surface area (TPSA) is 35.0 Å². The zero-order valence-electron chi connectivity index (χ0n) is 7.42. The van der Waals surface area contributed by atoms with Crippen LogP contribution in [0.25, 0.3) is 0 Å². The van der Waals surface area contributed by atoms with Crippen LogP contribution in [-0.4, -0.2) is 16.2 Å². The molecule has 1 aromatic heterocycles. The SMILES string of the molecule is C=C(C)CCOCc1nnsc1Cl. The molecule has 1 rings (SSSR count). The molecule has 0 radical (unpaired) electrons. The maximum atomic E-state index is 5.78. The van der Waals surface area contributed by atoms with Crippen molar-refractivity contribution in [3.63, 3.8) is 0 Å². The lowest BCUT2D eigenvalue weighted by atomic mass is 10.3. The maximum Gasteiger partial charge on any atom is 0.139 e. The third-order valence-electron chi connectivity index (χ3n) is 1.42. The number of halogens is 1. The summed E-state index contributed by atoms with van der Waals surface area (Å²) < 4.78 is 9.63. The van der Waals surface area contributed by atoms with Gasteiger partial charge in [0.1, 0.15) is 10.0 Å². The Hall–Kier alpha value is -0.450. The predicted octanol–water partition coefficient (Wildman–Crippen LogP) is 2.67. The normalized spacial score (nSPS) is 10.3. The summed E-state index contributed by atoms with van der Waals surface area (Å²) >= 11 is 6.95. The lowest BCUT2D eigenvalue weighted by Gasteiger charge is -2.00. The molecule has 0 saturated carbocycles. The highest BCUT2D eigenvalue weighted by Crippen LogP contribution is 2.17. The van der Waals surface area contributed by atoms with E-state index in [1.54, 1.807) is 0 Å². The van der Waals surface area contributed by atoms with Crippen molar-refractivity contribution in [2.24, 2.45) is 0 Å². The Morgan fingerprint density at radius 1 is 1.69 bits per heavy atom. The first-order valence-electron chi connectivity index (χ1n) is 3.89. The Balaban J connectivity index is 2.20. The van der Waals surface area contributed by atoms with Crippen LogP contribution in [0.5, 0.6) is 0 Å². The second-order valence-electron chi connectivity index (χ2n) is 2.75. The third kappa shape index (κ3) is 3.85. The standard InChI is InChI=1S/C8H11ClN2OS/c1-6(2)3-4-12-5-7-8(9)13-11-10-7/h1,3-5H2,2H3. The van der Waals surface area contributed by atoms with E-state index in [1.807, 2.05) is 6.92 Å². The first-order chi connectivity index (χ1) is 6.20. The Bertz CT molecular complexity index is 287. The van der Waals surface area contributed by atoms with Crippen molar-refractivity contribution in [2.75, 3.05) is 6.61 Å². The van der Waals surface area contributed by atoms with E-state index in [2.05, 4.69) is 16.2 Å². The van der Waals surface area contributed by atoms with E-state index in [1.165, 1.54) is 11.5 Å². The van der Waals surface area contributed by atoms with Crippen molar-refractivity contribution < 1.29 is 4.74 Å². The first-order valence-corrected chi connectivity index (χ1v) is 5.04. The van der Waals surface area contributed by atoms with Crippen LogP contribution in [-0.2, 0) is 11.3 Å². The summed E-state index contributed by atoms with van der Waals surface area (Å²) in [6.45, 7) is 6.84.